The van der Waals surface area contributed by atoms with Gasteiger partial charge in [0.05, 0.1) is 23.7 Å². The van der Waals surface area contributed by atoms with Crippen molar-refractivity contribution in [3.05, 3.63) is 29.3 Å². The number of carboxylic acids is 1. The van der Waals surface area contributed by atoms with Crippen molar-refractivity contribution in [2.75, 3.05) is 13.1 Å². The second-order valence-corrected chi connectivity index (χ2v) is 5.11. The maximum atomic E-state index is 10.9. The maximum Gasteiger partial charge on any atom is 0.317 e. The van der Waals surface area contributed by atoms with E-state index in [4.69, 9.17) is 15.4 Å². The number of carbonyl (C=O) groups is 2. The van der Waals surface area contributed by atoms with Crippen molar-refractivity contribution in [1.29, 1.82) is 0 Å². The van der Waals surface area contributed by atoms with Crippen molar-refractivity contribution in [1.82, 2.24) is 10.1 Å². The number of aromatic nitrogens is 1. The second-order valence-electron chi connectivity index (χ2n) is 4.17. The smallest absolute Gasteiger partial charge is 0.317 e. The molecule has 2 rings (SSSR count). The molecular weight excluding hydrogens is 282 g/mol. The van der Waals surface area contributed by atoms with E-state index in [2.05, 4.69) is 5.16 Å². The minimum absolute atomic E-state index is 0.145. The molecule has 2 aromatic rings. The van der Waals surface area contributed by atoms with Gasteiger partial charge in [-0.2, -0.15) is 0 Å². The van der Waals surface area contributed by atoms with Crippen LogP contribution in [-0.4, -0.2) is 40.1 Å². The van der Waals surface area contributed by atoms with E-state index in [9.17, 15) is 9.59 Å². The highest BCUT2D eigenvalue weighted by atomic mass is 32.1. The van der Waals surface area contributed by atoms with Crippen molar-refractivity contribution in [2.45, 2.75) is 6.54 Å². The molecule has 20 heavy (non-hydrogen) atoms. The first-order valence-electron chi connectivity index (χ1n) is 5.76. The van der Waals surface area contributed by atoms with Gasteiger partial charge >= 0.3 is 5.97 Å². The summed E-state index contributed by atoms with van der Waals surface area (Å²) < 4.78 is 5.19. The zero-order valence-electron chi connectivity index (χ0n) is 10.5. The fraction of sp³-hybridized carbons (Fsp3) is 0.250. The third-order valence-corrected chi connectivity index (χ3v) is 3.33. The second kappa shape index (κ2) is 6.31. The fourth-order valence-electron chi connectivity index (χ4n) is 1.73. The van der Waals surface area contributed by atoms with Gasteiger partial charge in [-0.25, -0.2) is 0 Å². The Morgan fingerprint density at radius 1 is 1.45 bits per heavy atom. The van der Waals surface area contributed by atoms with Crippen LogP contribution >= 0.6 is 11.3 Å². The highest BCUT2D eigenvalue weighted by molar-refractivity contribution is 7.13. The SMILES string of the molecule is NC(=O)CN(CC(=O)O)Cc1cc(-c2cccs2)on1. The predicted molar refractivity (Wildman–Crippen MR) is 71.9 cm³/mol. The van der Waals surface area contributed by atoms with E-state index in [0.29, 0.717) is 11.5 Å². The summed E-state index contributed by atoms with van der Waals surface area (Å²) in [4.78, 5) is 24.0. The molecule has 0 spiro atoms. The highest BCUT2D eigenvalue weighted by Crippen LogP contribution is 2.25. The lowest BCUT2D eigenvalue weighted by atomic mass is 10.3. The number of nitrogens with two attached hydrogens (primary N) is 1. The molecule has 0 aliphatic carbocycles. The Kier molecular flexibility index (Phi) is 4.49. The first-order valence-corrected chi connectivity index (χ1v) is 6.64. The number of carbonyl (C=O) groups excluding carboxylic acids is 1. The van der Waals surface area contributed by atoms with Crippen LogP contribution in [0.4, 0.5) is 0 Å². The summed E-state index contributed by atoms with van der Waals surface area (Å²) in [5, 5.41) is 14.6. The number of rotatable bonds is 7. The summed E-state index contributed by atoms with van der Waals surface area (Å²) in [6.45, 7) is -0.248. The molecule has 0 radical (unpaired) electrons. The molecule has 0 aromatic carbocycles. The molecular formula is C12H13N3O4S. The maximum absolute atomic E-state index is 10.9. The third kappa shape index (κ3) is 3.90. The Labute approximate surface area is 118 Å². The zero-order valence-corrected chi connectivity index (χ0v) is 11.3. The summed E-state index contributed by atoms with van der Waals surface area (Å²) in [6.07, 6.45) is 0. The Bertz CT molecular complexity index is 578. The molecule has 7 nitrogen and oxygen atoms in total. The third-order valence-electron chi connectivity index (χ3n) is 2.45. The average molecular weight is 295 g/mol. The molecule has 2 aromatic heterocycles. The van der Waals surface area contributed by atoms with Gasteiger partial charge < -0.3 is 15.4 Å². The quantitative estimate of drug-likeness (QED) is 0.781. The molecule has 1 amide bonds. The molecule has 0 unspecified atom stereocenters. The minimum atomic E-state index is -1.03. The van der Waals surface area contributed by atoms with E-state index in [1.807, 2.05) is 17.5 Å². The fourth-order valence-corrected chi connectivity index (χ4v) is 2.40. The number of nitrogens with zero attached hydrogens (tertiary/aromatic N) is 2. The number of carboxylic acid groups (broad SMARTS) is 1. The van der Waals surface area contributed by atoms with E-state index in [-0.39, 0.29) is 19.6 Å². The molecule has 0 aliphatic rings. The van der Waals surface area contributed by atoms with E-state index in [1.54, 1.807) is 6.07 Å². The van der Waals surface area contributed by atoms with E-state index in [0.717, 1.165) is 4.88 Å². The van der Waals surface area contributed by atoms with Gasteiger partial charge in [0.1, 0.15) is 0 Å². The molecule has 0 aliphatic heterocycles. The molecule has 8 heteroatoms. The van der Waals surface area contributed by atoms with Crippen LogP contribution in [0.3, 0.4) is 0 Å². The Hall–Kier alpha value is -2.19. The van der Waals surface area contributed by atoms with Gasteiger partial charge in [0.2, 0.25) is 5.91 Å². The van der Waals surface area contributed by atoms with Crippen molar-refractivity contribution in [2.24, 2.45) is 5.73 Å². The van der Waals surface area contributed by atoms with Crippen LogP contribution in [0.5, 0.6) is 0 Å². The Morgan fingerprint density at radius 2 is 2.25 bits per heavy atom. The number of hydrogen-bond donors (Lipinski definition) is 2. The molecule has 0 bridgehead atoms. The Morgan fingerprint density at radius 3 is 2.85 bits per heavy atom. The van der Waals surface area contributed by atoms with Gasteiger partial charge in [0.25, 0.3) is 0 Å². The summed E-state index contributed by atoms with van der Waals surface area (Å²) in [7, 11) is 0. The van der Waals surface area contributed by atoms with Gasteiger partial charge in [-0.15, -0.1) is 11.3 Å². The van der Waals surface area contributed by atoms with Crippen molar-refractivity contribution < 1.29 is 19.2 Å². The van der Waals surface area contributed by atoms with Crippen LogP contribution < -0.4 is 5.73 Å². The number of amides is 1. The topological polar surface area (TPSA) is 110 Å². The number of hydrogen-bond acceptors (Lipinski definition) is 6. The monoisotopic (exact) mass is 295 g/mol. The summed E-state index contributed by atoms with van der Waals surface area (Å²) in [5.74, 6) is -1.01. The van der Waals surface area contributed by atoms with E-state index in [1.165, 1.54) is 16.2 Å². The first-order chi connectivity index (χ1) is 9.54. The van der Waals surface area contributed by atoms with Crippen LogP contribution in [-0.2, 0) is 16.1 Å². The van der Waals surface area contributed by atoms with Gasteiger partial charge in [-0.1, -0.05) is 11.2 Å². The largest absolute Gasteiger partial charge is 0.480 e. The van der Waals surface area contributed by atoms with Gasteiger partial charge in [0, 0.05) is 12.6 Å². The average Bonchev–Trinajstić information content (AvgIpc) is 2.95. The lowest BCUT2D eigenvalue weighted by Gasteiger charge is -2.16. The van der Waals surface area contributed by atoms with Gasteiger partial charge in [-0.05, 0) is 11.4 Å². The van der Waals surface area contributed by atoms with Gasteiger partial charge in [-0.3, -0.25) is 14.5 Å². The lowest BCUT2D eigenvalue weighted by Crippen LogP contribution is -2.36. The van der Waals surface area contributed by atoms with Crippen molar-refractivity contribution in [3.8, 4) is 10.6 Å². The predicted octanol–water partition coefficient (Wildman–Crippen LogP) is 0.775. The number of primary amides is 1. The molecule has 0 fully saturated rings. The summed E-state index contributed by atoms with van der Waals surface area (Å²) >= 11 is 1.51. The summed E-state index contributed by atoms with van der Waals surface area (Å²) in [6, 6.07) is 5.51. The minimum Gasteiger partial charge on any atom is -0.480 e. The van der Waals surface area contributed by atoms with Crippen molar-refractivity contribution in [3.63, 3.8) is 0 Å². The van der Waals surface area contributed by atoms with Crippen LogP contribution in [0.25, 0.3) is 10.6 Å². The molecule has 0 saturated carbocycles. The first kappa shape index (κ1) is 14.2. The molecule has 106 valence electrons. The van der Waals surface area contributed by atoms with Crippen LogP contribution in [0.1, 0.15) is 5.69 Å². The van der Waals surface area contributed by atoms with Gasteiger partial charge in [0.15, 0.2) is 5.76 Å². The molecule has 2 heterocycles. The van der Waals surface area contributed by atoms with Crippen LogP contribution in [0.15, 0.2) is 28.1 Å². The molecule has 0 saturated heterocycles. The summed E-state index contributed by atoms with van der Waals surface area (Å²) in [5.41, 5.74) is 5.64. The molecule has 0 atom stereocenters. The van der Waals surface area contributed by atoms with E-state index < -0.39 is 11.9 Å². The van der Waals surface area contributed by atoms with Crippen molar-refractivity contribution >= 4 is 23.2 Å². The number of aliphatic carboxylic acids is 1. The standard InChI is InChI=1S/C12H13N3O4S/c13-11(16)6-15(7-12(17)18)5-8-4-9(19-14-8)10-2-1-3-20-10/h1-4H,5-7H2,(H2,13,16)(H,17,18). The molecule has 3 N–H and O–H groups in total. The number of thiophene rings is 1. The van der Waals surface area contributed by atoms with Crippen LogP contribution in [0, 0.1) is 0 Å². The van der Waals surface area contributed by atoms with Crippen LogP contribution in [0.2, 0.25) is 0 Å². The van der Waals surface area contributed by atoms with E-state index >= 15 is 0 Å². The zero-order chi connectivity index (χ0) is 14.5. The Balaban J connectivity index is 2.06. The lowest BCUT2D eigenvalue weighted by molar-refractivity contribution is -0.138. The highest BCUT2D eigenvalue weighted by Gasteiger charge is 2.16. The normalized spacial score (nSPS) is 10.8.